The lowest BCUT2D eigenvalue weighted by Gasteiger charge is -2.24. The van der Waals surface area contributed by atoms with Gasteiger partial charge in [-0.2, -0.15) is 13.2 Å². The van der Waals surface area contributed by atoms with Crippen LogP contribution in [0.25, 0.3) is 11.1 Å². The van der Waals surface area contributed by atoms with Crippen LogP contribution in [0.4, 0.5) is 13.2 Å². The molecule has 0 aliphatic heterocycles. The highest BCUT2D eigenvalue weighted by molar-refractivity contribution is 6.30. The van der Waals surface area contributed by atoms with Crippen LogP contribution in [0, 0.1) is 0 Å². The Morgan fingerprint density at radius 3 is 2.66 bits per heavy atom. The SMILES string of the molecule is CON=C1CCCCC1NC(=O)c1cnc(OC(C)C(F)(F)F)c(-c2ccc(Cl)cc2)c1. The van der Waals surface area contributed by atoms with Crippen LogP contribution in [0.15, 0.2) is 41.7 Å². The summed E-state index contributed by atoms with van der Waals surface area (Å²) in [6.07, 6.45) is -2.11. The van der Waals surface area contributed by atoms with Gasteiger partial charge in [0.15, 0.2) is 6.10 Å². The minimum Gasteiger partial charge on any atom is -0.465 e. The molecule has 0 spiro atoms. The second-order valence-electron chi connectivity index (χ2n) is 7.42. The lowest BCUT2D eigenvalue weighted by atomic mass is 9.93. The fraction of sp³-hybridized carbons (Fsp3) is 0.409. The molecule has 32 heavy (non-hydrogen) atoms. The molecule has 2 atom stereocenters. The standard InChI is InChI=1S/C22H23ClF3N3O3/c1-13(22(24,25)26)32-21-17(14-7-9-16(23)10-8-14)11-15(12-27-21)20(30)28-18-5-3-4-6-19(18)29-31-2/h7-13,18H,3-6H2,1-2H3,(H,28,30). The molecule has 172 valence electrons. The number of halogens is 4. The fourth-order valence-corrected chi connectivity index (χ4v) is 3.49. The van der Waals surface area contributed by atoms with E-state index in [9.17, 15) is 18.0 Å². The van der Waals surface area contributed by atoms with Crippen molar-refractivity contribution in [1.82, 2.24) is 10.3 Å². The zero-order chi connectivity index (χ0) is 23.3. The number of benzene rings is 1. The molecule has 1 fully saturated rings. The van der Waals surface area contributed by atoms with Gasteiger partial charge in [-0.1, -0.05) is 35.3 Å². The van der Waals surface area contributed by atoms with Crippen molar-refractivity contribution in [2.75, 3.05) is 7.11 Å². The third-order valence-corrected chi connectivity index (χ3v) is 5.36. The van der Waals surface area contributed by atoms with Crippen LogP contribution in [-0.2, 0) is 4.84 Å². The smallest absolute Gasteiger partial charge is 0.425 e. The summed E-state index contributed by atoms with van der Waals surface area (Å²) >= 11 is 5.93. The molecule has 2 aromatic rings. The van der Waals surface area contributed by atoms with E-state index < -0.39 is 18.2 Å². The van der Waals surface area contributed by atoms with E-state index in [0.717, 1.165) is 38.3 Å². The lowest BCUT2D eigenvalue weighted by molar-refractivity contribution is -0.189. The molecule has 2 unspecified atom stereocenters. The van der Waals surface area contributed by atoms with Crippen LogP contribution in [0.3, 0.4) is 0 Å². The van der Waals surface area contributed by atoms with Crippen LogP contribution in [0.1, 0.15) is 43.0 Å². The molecular weight excluding hydrogens is 447 g/mol. The number of nitrogens with zero attached hydrogens (tertiary/aromatic N) is 2. The van der Waals surface area contributed by atoms with E-state index in [-0.39, 0.29) is 23.0 Å². The molecule has 6 nitrogen and oxygen atoms in total. The monoisotopic (exact) mass is 469 g/mol. The van der Waals surface area contributed by atoms with E-state index in [1.54, 1.807) is 24.3 Å². The van der Waals surface area contributed by atoms with E-state index >= 15 is 0 Å². The number of pyridine rings is 1. The van der Waals surface area contributed by atoms with Gasteiger partial charge in [0.25, 0.3) is 5.91 Å². The summed E-state index contributed by atoms with van der Waals surface area (Å²) in [7, 11) is 1.45. The maximum Gasteiger partial charge on any atom is 0.425 e. The van der Waals surface area contributed by atoms with E-state index in [4.69, 9.17) is 21.2 Å². The zero-order valence-corrected chi connectivity index (χ0v) is 18.3. The Kier molecular flexibility index (Phi) is 7.60. The number of hydrogen-bond acceptors (Lipinski definition) is 5. The summed E-state index contributed by atoms with van der Waals surface area (Å²) in [4.78, 5) is 21.8. The predicted octanol–water partition coefficient (Wildman–Crippen LogP) is 5.41. The highest BCUT2D eigenvalue weighted by atomic mass is 35.5. The van der Waals surface area contributed by atoms with Gasteiger partial charge in [-0.05, 0) is 49.9 Å². The topological polar surface area (TPSA) is 72.8 Å². The molecule has 0 bridgehead atoms. The number of carbonyl (C=O) groups is 1. The zero-order valence-electron chi connectivity index (χ0n) is 17.6. The van der Waals surface area contributed by atoms with Crippen LogP contribution in [0.2, 0.25) is 5.02 Å². The fourth-order valence-electron chi connectivity index (χ4n) is 3.36. The van der Waals surface area contributed by atoms with Gasteiger partial charge >= 0.3 is 6.18 Å². The maximum absolute atomic E-state index is 13.0. The second kappa shape index (κ2) is 10.2. The van der Waals surface area contributed by atoms with Gasteiger partial charge in [0, 0.05) is 16.8 Å². The summed E-state index contributed by atoms with van der Waals surface area (Å²) in [6.45, 7) is 0.897. The van der Waals surface area contributed by atoms with Crippen LogP contribution < -0.4 is 10.1 Å². The Labute approximate surface area is 188 Å². The van der Waals surface area contributed by atoms with Gasteiger partial charge in [0.2, 0.25) is 5.88 Å². The largest absolute Gasteiger partial charge is 0.465 e. The van der Waals surface area contributed by atoms with E-state index in [2.05, 4.69) is 15.5 Å². The van der Waals surface area contributed by atoms with Crippen molar-refractivity contribution in [2.24, 2.45) is 5.16 Å². The summed E-state index contributed by atoms with van der Waals surface area (Å²) in [6, 6.07) is 7.61. The predicted molar refractivity (Wildman–Crippen MR) is 115 cm³/mol. The van der Waals surface area contributed by atoms with E-state index in [0.29, 0.717) is 10.6 Å². The van der Waals surface area contributed by atoms with Gasteiger partial charge in [-0.25, -0.2) is 4.98 Å². The van der Waals surface area contributed by atoms with Crippen LogP contribution in [-0.4, -0.2) is 42.0 Å². The van der Waals surface area contributed by atoms with E-state index in [1.807, 2.05) is 0 Å². The van der Waals surface area contributed by atoms with Gasteiger partial charge < -0.3 is 14.9 Å². The Bertz CT molecular complexity index is 981. The molecule has 1 aliphatic carbocycles. The molecule has 1 aliphatic rings. The second-order valence-corrected chi connectivity index (χ2v) is 7.86. The molecule has 1 N–H and O–H groups in total. The first-order valence-corrected chi connectivity index (χ1v) is 10.5. The average molecular weight is 470 g/mol. The number of alkyl halides is 3. The summed E-state index contributed by atoms with van der Waals surface area (Å²) in [5.41, 5.74) is 1.70. The summed E-state index contributed by atoms with van der Waals surface area (Å²) in [5.74, 6) is -0.646. The van der Waals surface area contributed by atoms with Crippen LogP contribution in [0.5, 0.6) is 5.88 Å². The Hall–Kier alpha value is -2.81. The molecule has 1 heterocycles. The summed E-state index contributed by atoms with van der Waals surface area (Å²) < 4.78 is 44.2. The van der Waals surface area contributed by atoms with Gasteiger partial charge in [-0.15, -0.1) is 0 Å². The number of ether oxygens (including phenoxy) is 1. The number of nitrogens with one attached hydrogen (secondary N) is 1. The normalized spacial score (nSPS) is 18.8. The molecule has 10 heteroatoms. The highest BCUT2D eigenvalue weighted by Crippen LogP contribution is 2.33. The molecule has 1 saturated carbocycles. The van der Waals surface area contributed by atoms with Crippen molar-refractivity contribution in [3.63, 3.8) is 0 Å². The van der Waals surface area contributed by atoms with Gasteiger partial charge in [0.05, 0.1) is 17.3 Å². The minimum atomic E-state index is -4.56. The van der Waals surface area contributed by atoms with Crippen molar-refractivity contribution >= 4 is 23.2 Å². The highest BCUT2D eigenvalue weighted by Gasteiger charge is 2.38. The van der Waals surface area contributed by atoms with Crippen LogP contribution >= 0.6 is 11.6 Å². The first-order chi connectivity index (χ1) is 15.2. The quantitative estimate of drug-likeness (QED) is 0.574. The first kappa shape index (κ1) is 23.8. The van der Waals surface area contributed by atoms with Crippen molar-refractivity contribution in [3.05, 3.63) is 47.1 Å². The Morgan fingerprint density at radius 2 is 2.00 bits per heavy atom. The van der Waals surface area contributed by atoms with E-state index in [1.165, 1.54) is 19.4 Å². The molecular formula is C22H23ClF3N3O3. The van der Waals surface area contributed by atoms with Crippen molar-refractivity contribution < 1.29 is 27.5 Å². The molecule has 0 saturated heterocycles. The van der Waals surface area contributed by atoms with Crippen molar-refractivity contribution in [3.8, 4) is 17.0 Å². The minimum absolute atomic E-state index is 0.185. The molecule has 3 rings (SSSR count). The van der Waals surface area contributed by atoms with Gasteiger partial charge in [0.1, 0.15) is 7.11 Å². The number of hydrogen-bond donors (Lipinski definition) is 1. The number of carbonyl (C=O) groups excluding carboxylic acids is 1. The number of amides is 1. The number of rotatable bonds is 6. The lowest BCUT2D eigenvalue weighted by Crippen LogP contribution is -2.42. The van der Waals surface area contributed by atoms with Gasteiger partial charge in [-0.3, -0.25) is 4.79 Å². The maximum atomic E-state index is 13.0. The Balaban J connectivity index is 1.91. The third kappa shape index (κ3) is 5.91. The number of oxime groups is 1. The third-order valence-electron chi connectivity index (χ3n) is 5.11. The summed E-state index contributed by atoms with van der Waals surface area (Å²) in [5, 5.41) is 7.37. The number of aromatic nitrogens is 1. The average Bonchev–Trinajstić information content (AvgIpc) is 2.75. The molecule has 1 aromatic heterocycles. The molecule has 1 amide bonds. The van der Waals surface area contributed by atoms with Crippen molar-refractivity contribution in [1.29, 1.82) is 0 Å². The van der Waals surface area contributed by atoms with Crippen molar-refractivity contribution in [2.45, 2.75) is 50.9 Å². The Morgan fingerprint density at radius 1 is 1.28 bits per heavy atom. The molecule has 1 aromatic carbocycles. The first-order valence-electron chi connectivity index (χ1n) is 10.1. The molecule has 0 radical (unpaired) electrons.